The van der Waals surface area contributed by atoms with Gasteiger partial charge in [0.25, 0.3) is 10.0 Å². The van der Waals surface area contributed by atoms with Crippen LogP contribution in [0.25, 0.3) is 0 Å². The molecule has 13 heteroatoms. The number of hydrogen-bond donors (Lipinski definition) is 1. The highest BCUT2D eigenvalue weighted by Crippen LogP contribution is 2.33. The molecule has 0 bridgehead atoms. The second kappa shape index (κ2) is 14.1. The van der Waals surface area contributed by atoms with Crippen LogP contribution in [0, 0.1) is 0 Å². The molecule has 0 aliphatic carbocycles. The van der Waals surface area contributed by atoms with E-state index in [1.165, 1.54) is 68.6 Å². The summed E-state index contributed by atoms with van der Waals surface area (Å²) >= 11 is 18.3. The Kier molecular flexibility index (Phi) is 11.1. The van der Waals surface area contributed by atoms with Crippen molar-refractivity contribution in [1.82, 2.24) is 10.2 Å². The molecule has 0 radical (unpaired) electrons. The molecule has 0 aliphatic heterocycles. The molecular formula is C28H30Cl3N3O6S. The molecule has 3 aromatic carbocycles. The summed E-state index contributed by atoms with van der Waals surface area (Å²) in [5, 5.41) is 3.58. The number of amides is 2. The molecule has 0 heterocycles. The highest BCUT2D eigenvalue weighted by atomic mass is 35.5. The number of rotatable bonds is 12. The lowest BCUT2D eigenvalue weighted by Gasteiger charge is -2.33. The summed E-state index contributed by atoms with van der Waals surface area (Å²) in [5.41, 5.74) is 0.802. The van der Waals surface area contributed by atoms with Crippen molar-refractivity contribution in [2.75, 3.05) is 32.1 Å². The Morgan fingerprint density at radius 3 is 2.12 bits per heavy atom. The molecule has 9 nitrogen and oxygen atoms in total. The molecule has 0 saturated heterocycles. The molecule has 3 aromatic rings. The van der Waals surface area contributed by atoms with Gasteiger partial charge in [-0.2, -0.15) is 0 Å². The van der Waals surface area contributed by atoms with E-state index in [0.29, 0.717) is 21.4 Å². The van der Waals surface area contributed by atoms with E-state index in [2.05, 4.69) is 5.32 Å². The number of likely N-dealkylation sites (N-methyl/N-ethyl adjacent to an activating group) is 1. The standard InChI is InChI=1S/C28H30Cl3N3O6S/c1-5-24(28(36)32-2)33(16-18-6-12-22(30)23(31)14-18)27(35)17-34(20-9-7-19(29)8-10-20)41(37,38)21-11-13-25(39-3)26(15-21)40-4/h6-15,24H,5,16-17H2,1-4H3,(H,32,36)/t24-/m1/s1. The van der Waals surface area contributed by atoms with Gasteiger partial charge in [-0.25, -0.2) is 8.42 Å². The lowest BCUT2D eigenvalue weighted by atomic mass is 10.1. The molecule has 220 valence electrons. The van der Waals surface area contributed by atoms with Gasteiger partial charge in [0.2, 0.25) is 11.8 Å². The van der Waals surface area contributed by atoms with Crippen LogP contribution in [-0.4, -0.2) is 59.0 Å². The summed E-state index contributed by atoms with van der Waals surface area (Å²) in [4.78, 5) is 28.0. The van der Waals surface area contributed by atoms with E-state index < -0.39 is 34.4 Å². The molecule has 0 aliphatic rings. The summed E-state index contributed by atoms with van der Waals surface area (Å²) in [7, 11) is -0.0394. The molecule has 3 rings (SSSR count). The summed E-state index contributed by atoms with van der Waals surface area (Å²) in [5.74, 6) is -0.486. The van der Waals surface area contributed by atoms with Gasteiger partial charge in [0, 0.05) is 24.7 Å². The molecular weight excluding hydrogens is 613 g/mol. The van der Waals surface area contributed by atoms with Gasteiger partial charge in [-0.1, -0.05) is 47.8 Å². The van der Waals surface area contributed by atoms with Crippen LogP contribution in [0.15, 0.2) is 65.6 Å². The van der Waals surface area contributed by atoms with Gasteiger partial charge in [0.15, 0.2) is 11.5 Å². The normalized spacial score (nSPS) is 11.9. The van der Waals surface area contributed by atoms with Crippen molar-refractivity contribution in [1.29, 1.82) is 0 Å². The molecule has 1 N–H and O–H groups in total. The number of nitrogens with one attached hydrogen (secondary N) is 1. The van der Waals surface area contributed by atoms with Crippen LogP contribution in [0.3, 0.4) is 0 Å². The number of nitrogens with zero attached hydrogens (tertiary/aromatic N) is 2. The zero-order valence-electron chi connectivity index (χ0n) is 22.9. The Morgan fingerprint density at radius 2 is 1.56 bits per heavy atom. The number of sulfonamides is 1. The Hall–Kier alpha value is -3.18. The fraction of sp³-hybridized carbons (Fsp3) is 0.286. The number of halogens is 3. The first-order chi connectivity index (χ1) is 19.5. The number of carbonyl (C=O) groups excluding carboxylic acids is 2. The predicted octanol–water partition coefficient (Wildman–Crippen LogP) is 5.41. The number of hydrogen-bond acceptors (Lipinski definition) is 6. The van der Waals surface area contributed by atoms with Crippen LogP contribution in [0.4, 0.5) is 5.69 Å². The average molecular weight is 643 g/mol. The minimum absolute atomic E-state index is 0.0213. The number of ether oxygens (including phenoxy) is 2. The maximum absolute atomic E-state index is 14.0. The van der Waals surface area contributed by atoms with Gasteiger partial charge < -0.3 is 19.7 Å². The van der Waals surface area contributed by atoms with Crippen LogP contribution in [0.1, 0.15) is 18.9 Å². The van der Waals surface area contributed by atoms with E-state index >= 15 is 0 Å². The zero-order chi connectivity index (χ0) is 30.3. The van der Waals surface area contributed by atoms with Crippen LogP contribution < -0.4 is 19.1 Å². The topological polar surface area (TPSA) is 105 Å². The molecule has 0 spiro atoms. The molecule has 2 amide bonds. The van der Waals surface area contributed by atoms with Crippen molar-refractivity contribution in [2.24, 2.45) is 0 Å². The Morgan fingerprint density at radius 1 is 0.902 bits per heavy atom. The van der Waals surface area contributed by atoms with E-state index in [1.807, 2.05) is 0 Å². The predicted molar refractivity (Wildman–Crippen MR) is 161 cm³/mol. The maximum atomic E-state index is 14.0. The van der Waals surface area contributed by atoms with Crippen molar-refractivity contribution < 1.29 is 27.5 Å². The smallest absolute Gasteiger partial charge is 0.264 e. The summed E-state index contributed by atoms with van der Waals surface area (Å²) in [6.45, 7) is 1.12. The number of carbonyl (C=O) groups is 2. The van der Waals surface area contributed by atoms with Gasteiger partial charge in [-0.05, 0) is 60.5 Å². The third-order valence-corrected chi connectivity index (χ3v) is 9.07. The summed E-state index contributed by atoms with van der Waals surface area (Å²) < 4.78 is 39.6. The van der Waals surface area contributed by atoms with Crippen LogP contribution in [-0.2, 0) is 26.2 Å². The molecule has 0 fully saturated rings. The van der Waals surface area contributed by atoms with E-state index in [0.717, 1.165) is 4.31 Å². The fourth-order valence-corrected chi connectivity index (χ4v) is 6.04. The second-order valence-electron chi connectivity index (χ2n) is 8.81. The van der Waals surface area contributed by atoms with Gasteiger partial charge in [-0.3, -0.25) is 13.9 Å². The maximum Gasteiger partial charge on any atom is 0.264 e. The zero-order valence-corrected chi connectivity index (χ0v) is 25.9. The highest BCUT2D eigenvalue weighted by Gasteiger charge is 2.34. The third kappa shape index (κ3) is 7.56. The van der Waals surface area contributed by atoms with Gasteiger partial charge in [-0.15, -0.1) is 0 Å². The van der Waals surface area contributed by atoms with Gasteiger partial charge >= 0.3 is 0 Å². The molecule has 1 atom stereocenters. The van der Waals surface area contributed by atoms with Crippen molar-refractivity contribution in [3.05, 3.63) is 81.3 Å². The third-order valence-electron chi connectivity index (χ3n) is 6.31. The monoisotopic (exact) mass is 641 g/mol. The van der Waals surface area contributed by atoms with E-state index in [4.69, 9.17) is 44.3 Å². The molecule has 0 aromatic heterocycles. The Labute approximate surface area is 254 Å². The average Bonchev–Trinajstić information content (AvgIpc) is 2.97. The first-order valence-electron chi connectivity index (χ1n) is 12.4. The lowest BCUT2D eigenvalue weighted by molar-refractivity contribution is -0.140. The Balaban J connectivity index is 2.10. The van der Waals surface area contributed by atoms with Crippen molar-refractivity contribution in [2.45, 2.75) is 30.8 Å². The van der Waals surface area contributed by atoms with Crippen molar-refractivity contribution in [3.8, 4) is 11.5 Å². The summed E-state index contributed by atoms with van der Waals surface area (Å²) in [6.07, 6.45) is 0.274. The number of methoxy groups -OCH3 is 2. The van der Waals surface area contributed by atoms with Crippen molar-refractivity contribution >= 4 is 62.3 Å². The quantitative estimate of drug-likeness (QED) is 0.283. The van der Waals surface area contributed by atoms with E-state index in [1.54, 1.807) is 25.1 Å². The van der Waals surface area contributed by atoms with E-state index in [-0.39, 0.29) is 34.3 Å². The molecule has 0 unspecified atom stereocenters. The molecule has 0 saturated carbocycles. The van der Waals surface area contributed by atoms with Crippen LogP contribution >= 0.6 is 34.8 Å². The minimum atomic E-state index is -4.33. The SMILES string of the molecule is CC[C@H](C(=O)NC)N(Cc1ccc(Cl)c(Cl)c1)C(=O)CN(c1ccc(Cl)cc1)S(=O)(=O)c1ccc(OC)c(OC)c1. The largest absolute Gasteiger partial charge is 0.493 e. The first-order valence-corrected chi connectivity index (χ1v) is 15.0. The Bertz CT molecular complexity index is 1500. The number of anilines is 1. The lowest BCUT2D eigenvalue weighted by Crippen LogP contribution is -2.51. The van der Waals surface area contributed by atoms with Gasteiger partial charge in [0.05, 0.1) is 34.8 Å². The second-order valence-corrected chi connectivity index (χ2v) is 11.9. The fourth-order valence-electron chi connectivity index (χ4n) is 4.16. The van der Waals surface area contributed by atoms with Crippen LogP contribution in [0.5, 0.6) is 11.5 Å². The minimum Gasteiger partial charge on any atom is -0.493 e. The van der Waals surface area contributed by atoms with E-state index in [9.17, 15) is 18.0 Å². The number of benzene rings is 3. The highest BCUT2D eigenvalue weighted by molar-refractivity contribution is 7.92. The van der Waals surface area contributed by atoms with Crippen LogP contribution in [0.2, 0.25) is 15.1 Å². The van der Waals surface area contributed by atoms with Gasteiger partial charge in [0.1, 0.15) is 12.6 Å². The van der Waals surface area contributed by atoms with Crippen molar-refractivity contribution in [3.63, 3.8) is 0 Å². The first kappa shape index (κ1) is 32.3. The summed E-state index contributed by atoms with van der Waals surface area (Å²) in [6, 6.07) is 14.1. The molecule has 41 heavy (non-hydrogen) atoms.